The largest absolute Gasteiger partial charge is 0.295 e. The Bertz CT molecular complexity index is 860. The van der Waals surface area contributed by atoms with Gasteiger partial charge in [0.25, 0.3) is 17.5 Å². The molecule has 1 aromatic carbocycles. The molecule has 1 N–H and O–H groups in total. The van der Waals surface area contributed by atoms with Gasteiger partial charge in [0.05, 0.1) is 10.5 Å². The van der Waals surface area contributed by atoms with Crippen LogP contribution in [-0.2, 0) is 16.0 Å². The highest BCUT2D eigenvalue weighted by molar-refractivity contribution is 6.25. The molecule has 128 valence electrons. The van der Waals surface area contributed by atoms with E-state index in [1.54, 1.807) is 0 Å². The van der Waals surface area contributed by atoms with Gasteiger partial charge in [0, 0.05) is 12.5 Å². The number of hydrogen-bond donors (Lipinski definition) is 1. The van der Waals surface area contributed by atoms with Gasteiger partial charge in [-0.25, -0.2) is 0 Å². The molecule has 3 rings (SSSR count). The first-order chi connectivity index (χ1) is 11.9. The third kappa shape index (κ3) is 2.49. The van der Waals surface area contributed by atoms with Crippen molar-refractivity contribution >= 4 is 29.3 Å². The zero-order valence-corrected chi connectivity index (χ0v) is 13.0. The van der Waals surface area contributed by atoms with E-state index in [4.69, 9.17) is 0 Å². The minimum Gasteiger partial charge on any atom is -0.295 e. The Labute approximate surface area is 141 Å². The topological polar surface area (TPSA) is 127 Å². The van der Waals surface area contributed by atoms with Crippen LogP contribution in [0.15, 0.2) is 24.8 Å². The molecule has 9 nitrogen and oxygen atoms in total. The molecule has 1 unspecified atom stereocenters. The van der Waals surface area contributed by atoms with Crippen molar-refractivity contribution in [2.45, 2.75) is 25.3 Å². The highest BCUT2D eigenvalue weighted by Gasteiger charge is 2.48. The molecule has 0 aliphatic carbocycles. The van der Waals surface area contributed by atoms with Gasteiger partial charge < -0.3 is 0 Å². The summed E-state index contributed by atoms with van der Waals surface area (Å²) in [5, 5.41) is 13.3. The SMILES string of the molecule is C=CCc1ccc([N+](=O)[O-])c2c1C(=O)N(C1CCC(=O)NC1=O)C2=O. The molecular formula is C16H13N3O6. The third-order valence-electron chi connectivity index (χ3n) is 4.22. The van der Waals surface area contributed by atoms with Gasteiger partial charge in [-0.2, -0.15) is 0 Å². The van der Waals surface area contributed by atoms with Crippen molar-refractivity contribution < 1.29 is 24.1 Å². The van der Waals surface area contributed by atoms with Crippen molar-refractivity contribution in [3.8, 4) is 0 Å². The lowest BCUT2D eigenvalue weighted by Crippen LogP contribution is -2.54. The van der Waals surface area contributed by atoms with Gasteiger partial charge >= 0.3 is 0 Å². The van der Waals surface area contributed by atoms with Crippen LogP contribution < -0.4 is 5.32 Å². The van der Waals surface area contributed by atoms with Crippen molar-refractivity contribution in [2.75, 3.05) is 0 Å². The van der Waals surface area contributed by atoms with Crippen LogP contribution >= 0.6 is 0 Å². The van der Waals surface area contributed by atoms with Crippen LogP contribution in [0.1, 0.15) is 39.1 Å². The minimum atomic E-state index is -1.17. The maximum absolute atomic E-state index is 12.8. The van der Waals surface area contributed by atoms with Gasteiger partial charge in [0.2, 0.25) is 11.8 Å². The number of benzene rings is 1. The van der Waals surface area contributed by atoms with E-state index in [0.717, 1.165) is 6.07 Å². The van der Waals surface area contributed by atoms with Crippen LogP contribution in [0.5, 0.6) is 0 Å². The highest BCUT2D eigenvalue weighted by Crippen LogP contribution is 2.35. The summed E-state index contributed by atoms with van der Waals surface area (Å²) >= 11 is 0. The maximum Gasteiger partial charge on any atom is 0.283 e. The molecule has 0 bridgehead atoms. The van der Waals surface area contributed by atoms with Crippen LogP contribution in [0, 0.1) is 10.1 Å². The summed E-state index contributed by atoms with van der Waals surface area (Å²) in [6, 6.07) is 1.40. The van der Waals surface area contributed by atoms with E-state index >= 15 is 0 Å². The Morgan fingerprint density at radius 1 is 1.24 bits per heavy atom. The maximum atomic E-state index is 12.8. The van der Waals surface area contributed by atoms with Crippen molar-refractivity contribution in [2.24, 2.45) is 0 Å². The molecular weight excluding hydrogens is 330 g/mol. The number of allylic oxidation sites excluding steroid dienone is 1. The van der Waals surface area contributed by atoms with Crippen LogP contribution in [0.4, 0.5) is 5.69 Å². The van der Waals surface area contributed by atoms with Gasteiger partial charge in [0.1, 0.15) is 11.6 Å². The van der Waals surface area contributed by atoms with Crippen molar-refractivity contribution in [1.29, 1.82) is 0 Å². The van der Waals surface area contributed by atoms with Gasteiger partial charge in [-0.05, 0) is 18.4 Å². The number of nitrogens with zero attached hydrogens (tertiary/aromatic N) is 2. The molecule has 0 aromatic heterocycles. The summed E-state index contributed by atoms with van der Waals surface area (Å²) in [5.74, 6) is -2.92. The number of rotatable bonds is 4. The lowest BCUT2D eigenvalue weighted by Gasteiger charge is -2.27. The average Bonchev–Trinajstić information content (AvgIpc) is 2.81. The Balaban J connectivity index is 2.12. The lowest BCUT2D eigenvalue weighted by atomic mass is 9.99. The predicted octanol–water partition coefficient (Wildman–Crippen LogP) is 0.724. The number of nitro benzene ring substituents is 1. The zero-order valence-electron chi connectivity index (χ0n) is 13.0. The van der Waals surface area contributed by atoms with E-state index in [1.165, 1.54) is 12.1 Å². The molecule has 1 fully saturated rings. The molecule has 0 saturated carbocycles. The van der Waals surface area contributed by atoms with Crippen LogP contribution in [0.3, 0.4) is 0 Å². The Kier molecular flexibility index (Phi) is 3.91. The molecule has 1 aromatic rings. The summed E-state index contributed by atoms with van der Waals surface area (Å²) in [4.78, 5) is 60.1. The molecule has 25 heavy (non-hydrogen) atoms. The van der Waals surface area contributed by atoms with E-state index in [1.807, 2.05) is 0 Å². The van der Waals surface area contributed by atoms with Crippen LogP contribution in [0.2, 0.25) is 0 Å². The first-order valence-corrected chi connectivity index (χ1v) is 7.49. The van der Waals surface area contributed by atoms with Crippen LogP contribution in [0.25, 0.3) is 0 Å². The van der Waals surface area contributed by atoms with E-state index in [9.17, 15) is 29.3 Å². The predicted molar refractivity (Wildman–Crippen MR) is 83.7 cm³/mol. The summed E-state index contributed by atoms with van der Waals surface area (Å²) < 4.78 is 0. The van der Waals surface area contributed by atoms with E-state index in [0.29, 0.717) is 10.5 Å². The summed E-state index contributed by atoms with van der Waals surface area (Å²) in [5.41, 5.74) is -0.470. The second-order valence-corrected chi connectivity index (χ2v) is 5.69. The summed E-state index contributed by atoms with van der Waals surface area (Å²) in [6.45, 7) is 3.57. The van der Waals surface area contributed by atoms with Gasteiger partial charge in [-0.3, -0.25) is 39.5 Å². The molecule has 9 heteroatoms. The summed E-state index contributed by atoms with van der Waals surface area (Å²) in [6.07, 6.45) is 1.71. The van der Waals surface area contributed by atoms with Crippen LogP contribution in [-0.4, -0.2) is 39.5 Å². The second kappa shape index (κ2) is 5.93. The number of nitro groups is 1. The number of nitrogens with one attached hydrogen (secondary N) is 1. The quantitative estimate of drug-likeness (QED) is 0.371. The molecule has 2 aliphatic rings. The number of fused-ring (bicyclic) bond motifs is 1. The first-order valence-electron chi connectivity index (χ1n) is 7.49. The number of imide groups is 2. The lowest BCUT2D eigenvalue weighted by molar-refractivity contribution is -0.385. The van der Waals surface area contributed by atoms with E-state index in [-0.39, 0.29) is 30.4 Å². The fraction of sp³-hybridized carbons (Fsp3) is 0.250. The molecule has 1 atom stereocenters. The molecule has 4 amide bonds. The van der Waals surface area contributed by atoms with Crippen molar-refractivity contribution in [3.63, 3.8) is 0 Å². The average molecular weight is 343 g/mol. The number of amides is 4. The second-order valence-electron chi connectivity index (χ2n) is 5.69. The fourth-order valence-electron chi connectivity index (χ4n) is 3.12. The minimum absolute atomic E-state index is 0.0132. The third-order valence-corrected chi connectivity index (χ3v) is 4.22. The fourth-order valence-corrected chi connectivity index (χ4v) is 3.12. The first kappa shape index (κ1) is 16.5. The standard InChI is InChI=1S/C16H13N3O6/c1-2-3-8-4-5-9(19(24)25)13-12(8)15(22)18(16(13)23)10-6-7-11(20)17-14(10)21/h2,4-5,10H,1,3,6-7H2,(H,17,20,21). The smallest absolute Gasteiger partial charge is 0.283 e. The van der Waals surface area contributed by atoms with Crippen molar-refractivity contribution in [3.05, 3.63) is 51.6 Å². The number of carbonyl (C=O) groups is 4. The number of piperidine rings is 1. The molecule has 2 heterocycles. The Hall–Kier alpha value is -3.36. The summed E-state index contributed by atoms with van der Waals surface area (Å²) in [7, 11) is 0. The number of hydrogen-bond acceptors (Lipinski definition) is 6. The molecule has 0 radical (unpaired) electrons. The normalized spacial score (nSPS) is 19.7. The molecule has 1 saturated heterocycles. The molecule has 2 aliphatic heterocycles. The molecule has 0 spiro atoms. The zero-order chi connectivity index (χ0) is 18.3. The van der Waals surface area contributed by atoms with Gasteiger partial charge in [0.15, 0.2) is 0 Å². The van der Waals surface area contributed by atoms with E-state index < -0.39 is 40.3 Å². The van der Waals surface area contributed by atoms with Gasteiger partial charge in [-0.15, -0.1) is 6.58 Å². The Morgan fingerprint density at radius 3 is 2.52 bits per heavy atom. The van der Waals surface area contributed by atoms with Crippen molar-refractivity contribution in [1.82, 2.24) is 10.2 Å². The monoisotopic (exact) mass is 343 g/mol. The van der Waals surface area contributed by atoms with E-state index in [2.05, 4.69) is 11.9 Å². The number of carbonyl (C=O) groups excluding carboxylic acids is 4. The highest BCUT2D eigenvalue weighted by atomic mass is 16.6. The Morgan fingerprint density at radius 2 is 1.92 bits per heavy atom. The van der Waals surface area contributed by atoms with Gasteiger partial charge in [-0.1, -0.05) is 12.1 Å².